The fourth-order valence-electron chi connectivity index (χ4n) is 2.60. The minimum atomic E-state index is -0.851. The van der Waals surface area contributed by atoms with Gasteiger partial charge >= 0.3 is 12.0 Å². The molecule has 2 atom stereocenters. The Hall–Kier alpha value is -1.79. The first kappa shape index (κ1) is 13.6. The number of hydrogen-bond acceptors (Lipinski definition) is 3. The second-order valence-electron chi connectivity index (χ2n) is 5.20. The molecule has 7 nitrogen and oxygen atoms in total. The standard InChI is InChI=1S/C12H19N3O4/c1-8-6-15(7-9(8)11(17)18)12(19)14-4-2-10(16)13-3-5-14/h8-9H,2-7H2,1H3,(H,13,16)(H,17,18). The summed E-state index contributed by atoms with van der Waals surface area (Å²) >= 11 is 0. The molecule has 3 amide bonds. The molecular weight excluding hydrogens is 250 g/mol. The van der Waals surface area contributed by atoms with Crippen LogP contribution in [0.2, 0.25) is 0 Å². The van der Waals surface area contributed by atoms with Gasteiger partial charge in [0.2, 0.25) is 5.91 Å². The zero-order valence-corrected chi connectivity index (χ0v) is 11.0. The Morgan fingerprint density at radius 3 is 2.63 bits per heavy atom. The Bertz CT molecular complexity index is 398. The van der Waals surface area contributed by atoms with Gasteiger partial charge in [-0.25, -0.2) is 4.79 Å². The van der Waals surface area contributed by atoms with E-state index in [-0.39, 0.29) is 24.4 Å². The number of amides is 3. The van der Waals surface area contributed by atoms with Crippen molar-refractivity contribution in [1.82, 2.24) is 15.1 Å². The first-order valence-electron chi connectivity index (χ1n) is 6.52. The van der Waals surface area contributed by atoms with E-state index in [9.17, 15) is 14.4 Å². The highest BCUT2D eigenvalue weighted by Crippen LogP contribution is 2.24. The van der Waals surface area contributed by atoms with E-state index in [1.807, 2.05) is 6.92 Å². The first-order chi connectivity index (χ1) is 8.99. The normalized spacial score (nSPS) is 27.9. The van der Waals surface area contributed by atoms with Crippen LogP contribution in [0.25, 0.3) is 0 Å². The molecule has 2 N–H and O–H groups in total. The molecule has 0 aromatic heterocycles. The number of nitrogens with zero attached hydrogens (tertiary/aromatic N) is 2. The molecule has 0 radical (unpaired) electrons. The van der Waals surface area contributed by atoms with Crippen molar-refractivity contribution in [1.29, 1.82) is 0 Å². The summed E-state index contributed by atoms with van der Waals surface area (Å²) in [5.74, 6) is -1.42. The fraction of sp³-hybridized carbons (Fsp3) is 0.750. The number of urea groups is 1. The van der Waals surface area contributed by atoms with E-state index >= 15 is 0 Å². The van der Waals surface area contributed by atoms with Crippen molar-refractivity contribution in [2.75, 3.05) is 32.7 Å². The van der Waals surface area contributed by atoms with Crippen molar-refractivity contribution < 1.29 is 19.5 Å². The van der Waals surface area contributed by atoms with Gasteiger partial charge in [-0.15, -0.1) is 0 Å². The first-order valence-corrected chi connectivity index (χ1v) is 6.52. The molecule has 2 heterocycles. The van der Waals surface area contributed by atoms with Crippen LogP contribution in [0.1, 0.15) is 13.3 Å². The van der Waals surface area contributed by atoms with Crippen LogP contribution in [-0.4, -0.2) is 65.5 Å². The molecule has 0 aromatic rings. The SMILES string of the molecule is CC1CN(C(=O)N2CCNC(=O)CC2)CC1C(=O)O. The van der Waals surface area contributed by atoms with Gasteiger partial charge in [-0.3, -0.25) is 9.59 Å². The highest BCUT2D eigenvalue weighted by atomic mass is 16.4. The average molecular weight is 269 g/mol. The lowest BCUT2D eigenvalue weighted by atomic mass is 9.99. The van der Waals surface area contributed by atoms with Crippen LogP contribution in [0, 0.1) is 11.8 Å². The maximum atomic E-state index is 12.3. The number of rotatable bonds is 1. The van der Waals surface area contributed by atoms with E-state index in [0.29, 0.717) is 32.6 Å². The molecule has 0 aliphatic carbocycles. The average Bonchev–Trinajstić information content (AvgIpc) is 2.61. The predicted molar refractivity (Wildman–Crippen MR) is 66.5 cm³/mol. The van der Waals surface area contributed by atoms with Gasteiger partial charge in [0.25, 0.3) is 0 Å². The molecule has 2 aliphatic heterocycles. The van der Waals surface area contributed by atoms with E-state index in [2.05, 4.69) is 5.32 Å². The fourth-order valence-corrected chi connectivity index (χ4v) is 2.60. The highest BCUT2D eigenvalue weighted by Gasteiger charge is 2.38. The number of carboxylic acids is 1. The number of nitrogens with one attached hydrogen (secondary N) is 1. The summed E-state index contributed by atoms with van der Waals surface area (Å²) in [6, 6.07) is -0.160. The maximum Gasteiger partial charge on any atom is 0.320 e. The molecule has 2 rings (SSSR count). The molecule has 7 heteroatoms. The summed E-state index contributed by atoms with van der Waals surface area (Å²) in [6.45, 7) is 3.90. The monoisotopic (exact) mass is 269 g/mol. The summed E-state index contributed by atoms with van der Waals surface area (Å²) in [4.78, 5) is 37.8. The van der Waals surface area contributed by atoms with Gasteiger partial charge < -0.3 is 20.2 Å². The van der Waals surface area contributed by atoms with E-state index < -0.39 is 11.9 Å². The lowest BCUT2D eigenvalue weighted by molar-refractivity contribution is -0.142. The van der Waals surface area contributed by atoms with Gasteiger partial charge in [0, 0.05) is 39.1 Å². The van der Waals surface area contributed by atoms with Gasteiger partial charge in [0.1, 0.15) is 0 Å². The lowest BCUT2D eigenvalue weighted by Crippen LogP contribution is -2.44. The summed E-state index contributed by atoms with van der Waals surface area (Å²) in [5, 5.41) is 11.8. The Morgan fingerprint density at radius 1 is 1.26 bits per heavy atom. The van der Waals surface area contributed by atoms with Crippen LogP contribution in [0.4, 0.5) is 4.79 Å². The largest absolute Gasteiger partial charge is 0.481 e. The van der Waals surface area contributed by atoms with Crippen LogP contribution in [0.15, 0.2) is 0 Å². The Morgan fingerprint density at radius 2 is 2.00 bits per heavy atom. The van der Waals surface area contributed by atoms with Crippen LogP contribution in [0.5, 0.6) is 0 Å². The van der Waals surface area contributed by atoms with Crippen molar-refractivity contribution in [2.24, 2.45) is 11.8 Å². The van der Waals surface area contributed by atoms with Crippen LogP contribution >= 0.6 is 0 Å². The lowest BCUT2D eigenvalue weighted by Gasteiger charge is -2.26. The summed E-state index contributed by atoms with van der Waals surface area (Å²) in [7, 11) is 0. The number of hydrogen-bond donors (Lipinski definition) is 2. The third-order valence-corrected chi connectivity index (χ3v) is 3.78. The van der Waals surface area contributed by atoms with E-state index in [1.54, 1.807) is 9.80 Å². The number of carbonyl (C=O) groups is 3. The topological polar surface area (TPSA) is 90.0 Å². The third kappa shape index (κ3) is 2.97. The number of carbonyl (C=O) groups excluding carboxylic acids is 2. The maximum absolute atomic E-state index is 12.3. The molecule has 2 fully saturated rings. The Balaban J connectivity index is 1.97. The number of likely N-dealkylation sites (tertiary alicyclic amines) is 1. The van der Waals surface area contributed by atoms with Crippen LogP contribution in [0.3, 0.4) is 0 Å². The Kier molecular flexibility index (Phi) is 3.92. The second kappa shape index (κ2) is 5.46. The summed E-state index contributed by atoms with van der Waals surface area (Å²) in [6.07, 6.45) is 0.303. The van der Waals surface area contributed by atoms with Crippen molar-refractivity contribution in [3.05, 3.63) is 0 Å². The van der Waals surface area contributed by atoms with Crippen molar-refractivity contribution >= 4 is 17.9 Å². The molecule has 106 valence electrons. The van der Waals surface area contributed by atoms with Gasteiger partial charge in [-0.2, -0.15) is 0 Å². The van der Waals surface area contributed by atoms with Crippen molar-refractivity contribution in [2.45, 2.75) is 13.3 Å². The molecule has 19 heavy (non-hydrogen) atoms. The molecule has 2 saturated heterocycles. The molecule has 0 bridgehead atoms. The molecular formula is C12H19N3O4. The Labute approximate surface area is 111 Å². The van der Waals surface area contributed by atoms with Gasteiger partial charge in [-0.1, -0.05) is 6.92 Å². The molecule has 0 saturated carbocycles. The highest BCUT2D eigenvalue weighted by molar-refractivity contribution is 5.80. The van der Waals surface area contributed by atoms with Crippen molar-refractivity contribution in [3.63, 3.8) is 0 Å². The molecule has 2 aliphatic rings. The third-order valence-electron chi connectivity index (χ3n) is 3.78. The molecule has 0 spiro atoms. The minimum absolute atomic E-state index is 0.0341. The molecule has 2 unspecified atom stereocenters. The second-order valence-corrected chi connectivity index (χ2v) is 5.20. The van der Waals surface area contributed by atoms with Gasteiger partial charge in [0.15, 0.2) is 0 Å². The predicted octanol–water partition coefficient (Wildman–Crippen LogP) is -0.419. The number of aliphatic carboxylic acids is 1. The minimum Gasteiger partial charge on any atom is -0.481 e. The zero-order chi connectivity index (χ0) is 14.0. The zero-order valence-electron chi connectivity index (χ0n) is 11.0. The summed E-state index contributed by atoms with van der Waals surface area (Å²) in [5.41, 5.74) is 0. The molecule has 0 aromatic carbocycles. The summed E-state index contributed by atoms with van der Waals surface area (Å²) < 4.78 is 0. The van der Waals surface area contributed by atoms with Gasteiger partial charge in [0.05, 0.1) is 5.92 Å². The van der Waals surface area contributed by atoms with E-state index in [1.165, 1.54) is 0 Å². The van der Waals surface area contributed by atoms with Crippen molar-refractivity contribution in [3.8, 4) is 0 Å². The van der Waals surface area contributed by atoms with Crippen LogP contribution < -0.4 is 5.32 Å². The quantitative estimate of drug-likeness (QED) is 0.676. The van der Waals surface area contributed by atoms with E-state index in [4.69, 9.17) is 5.11 Å². The smallest absolute Gasteiger partial charge is 0.320 e. The number of carboxylic acid groups (broad SMARTS) is 1. The van der Waals surface area contributed by atoms with E-state index in [0.717, 1.165) is 0 Å². The van der Waals surface area contributed by atoms with Crippen LogP contribution in [-0.2, 0) is 9.59 Å². The van der Waals surface area contributed by atoms with Gasteiger partial charge in [-0.05, 0) is 5.92 Å².